The fraction of sp³-hybridized carbons (Fsp3) is 0. The molecule has 0 bridgehead atoms. The summed E-state index contributed by atoms with van der Waals surface area (Å²) in [5, 5.41) is 0.414. The van der Waals surface area contributed by atoms with Crippen LogP contribution in [-0.4, -0.2) is 5.78 Å². The minimum absolute atomic E-state index is 0.0755. The molecule has 0 aliphatic heterocycles. The van der Waals surface area contributed by atoms with Gasteiger partial charge in [-0.15, -0.1) is 0 Å². The summed E-state index contributed by atoms with van der Waals surface area (Å²) in [5.74, 6) is -3.39. The third kappa shape index (κ3) is 2.35. The van der Waals surface area contributed by atoms with Crippen LogP contribution in [0.3, 0.4) is 0 Å². The van der Waals surface area contributed by atoms with E-state index in [1.54, 1.807) is 0 Å². The second kappa shape index (κ2) is 5.04. The zero-order chi connectivity index (χ0) is 15.1. The van der Waals surface area contributed by atoms with Crippen LogP contribution in [0.2, 0.25) is 0 Å². The topological polar surface area (TPSA) is 30.2 Å². The number of hydrogen-bond donors (Lipinski definition) is 0. The van der Waals surface area contributed by atoms with Crippen molar-refractivity contribution in [2.75, 3.05) is 0 Å². The normalized spacial score (nSPS) is 11.0. The lowest BCUT2D eigenvalue weighted by Crippen LogP contribution is -2.03. The van der Waals surface area contributed by atoms with E-state index >= 15 is 0 Å². The number of carbonyl (C=O) groups is 1. The van der Waals surface area contributed by atoms with Crippen molar-refractivity contribution in [1.29, 1.82) is 0 Å². The van der Waals surface area contributed by atoms with Crippen molar-refractivity contribution in [3.8, 4) is 0 Å². The van der Waals surface area contributed by atoms with Gasteiger partial charge in [-0.1, -0.05) is 0 Å². The molecule has 2 nitrogen and oxygen atoms in total. The fourth-order valence-corrected chi connectivity index (χ4v) is 2.46. The smallest absolute Gasteiger partial charge is 0.229 e. The number of benzene rings is 2. The Morgan fingerprint density at radius 3 is 2.57 bits per heavy atom. The van der Waals surface area contributed by atoms with E-state index in [1.807, 2.05) is 0 Å². The molecule has 0 aliphatic carbocycles. The van der Waals surface area contributed by atoms with Crippen LogP contribution in [0, 0.1) is 17.5 Å². The third-order valence-electron chi connectivity index (χ3n) is 2.98. The van der Waals surface area contributed by atoms with E-state index in [-0.39, 0.29) is 15.8 Å². The molecule has 1 aromatic heterocycles. The van der Waals surface area contributed by atoms with Crippen LogP contribution in [0.1, 0.15) is 16.1 Å². The first-order valence-corrected chi connectivity index (χ1v) is 6.64. The van der Waals surface area contributed by atoms with E-state index < -0.39 is 23.2 Å². The highest BCUT2D eigenvalue weighted by Crippen LogP contribution is 2.28. The Morgan fingerprint density at radius 2 is 1.81 bits per heavy atom. The number of furan rings is 1. The summed E-state index contributed by atoms with van der Waals surface area (Å²) in [6, 6.07) is 7.17. The lowest BCUT2D eigenvalue weighted by molar-refractivity contribution is 0.101. The molecule has 0 unspecified atom stereocenters. The second-order valence-electron chi connectivity index (χ2n) is 4.34. The minimum Gasteiger partial charge on any atom is -0.453 e. The van der Waals surface area contributed by atoms with E-state index in [2.05, 4.69) is 15.9 Å². The molecule has 6 heteroatoms. The zero-order valence-corrected chi connectivity index (χ0v) is 11.9. The average molecular weight is 355 g/mol. The molecule has 2 aromatic carbocycles. The van der Waals surface area contributed by atoms with E-state index in [0.717, 1.165) is 12.1 Å². The van der Waals surface area contributed by atoms with Crippen LogP contribution in [0.4, 0.5) is 13.2 Å². The Kier molecular flexibility index (Phi) is 3.33. The van der Waals surface area contributed by atoms with E-state index in [4.69, 9.17) is 4.42 Å². The molecule has 21 heavy (non-hydrogen) atoms. The van der Waals surface area contributed by atoms with Gasteiger partial charge in [-0.05, 0) is 52.3 Å². The summed E-state index contributed by atoms with van der Waals surface area (Å²) >= 11 is 2.85. The van der Waals surface area contributed by atoms with Crippen LogP contribution in [0.5, 0.6) is 0 Å². The summed E-state index contributed by atoms with van der Waals surface area (Å²) in [7, 11) is 0. The molecule has 1 heterocycles. The first-order valence-electron chi connectivity index (χ1n) is 5.84. The van der Waals surface area contributed by atoms with Gasteiger partial charge in [0, 0.05) is 10.9 Å². The highest BCUT2D eigenvalue weighted by molar-refractivity contribution is 9.10. The summed E-state index contributed by atoms with van der Waals surface area (Å²) < 4.78 is 44.7. The van der Waals surface area contributed by atoms with Gasteiger partial charge in [-0.2, -0.15) is 0 Å². The Labute approximate surface area is 125 Å². The maximum absolute atomic E-state index is 13.5. The Hall–Kier alpha value is -2.08. The summed E-state index contributed by atoms with van der Waals surface area (Å²) in [5.41, 5.74) is 0.256. The molecule has 0 atom stereocenters. The number of ketones is 1. The highest BCUT2D eigenvalue weighted by Gasteiger charge is 2.21. The zero-order valence-electron chi connectivity index (χ0n) is 10.3. The van der Waals surface area contributed by atoms with Crippen molar-refractivity contribution in [1.82, 2.24) is 0 Å². The third-order valence-corrected chi connectivity index (χ3v) is 3.76. The van der Waals surface area contributed by atoms with Crippen molar-refractivity contribution in [3.05, 3.63) is 69.6 Å². The van der Waals surface area contributed by atoms with Crippen molar-refractivity contribution < 1.29 is 22.4 Å². The quantitative estimate of drug-likeness (QED) is 0.486. The Morgan fingerprint density at radius 1 is 1.05 bits per heavy atom. The van der Waals surface area contributed by atoms with Gasteiger partial charge in [0.15, 0.2) is 17.4 Å². The molecule has 0 saturated carbocycles. The second-order valence-corrected chi connectivity index (χ2v) is 5.14. The molecule has 0 spiro atoms. The summed E-state index contributed by atoms with van der Waals surface area (Å²) in [6.45, 7) is 0. The van der Waals surface area contributed by atoms with Crippen molar-refractivity contribution in [2.24, 2.45) is 0 Å². The largest absolute Gasteiger partial charge is 0.453 e. The molecule has 0 radical (unpaired) electrons. The minimum atomic E-state index is -1.15. The van der Waals surface area contributed by atoms with Crippen LogP contribution in [0.25, 0.3) is 11.0 Å². The molecular formula is C15H6BrF3O2. The van der Waals surface area contributed by atoms with Gasteiger partial charge in [0.2, 0.25) is 5.78 Å². The Balaban J connectivity index is 2.10. The molecule has 0 fully saturated rings. The van der Waals surface area contributed by atoms with Crippen LogP contribution >= 0.6 is 15.9 Å². The van der Waals surface area contributed by atoms with Gasteiger partial charge in [-0.3, -0.25) is 4.79 Å². The van der Waals surface area contributed by atoms with Crippen LogP contribution < -0.4 is 0 Å². The maximum Gasteiger partial charge on any atom is 0.229 e. The number of fused-ring (bicyclic) bond motifs is 1. The SMILES string of the molecule is O=C(c1cc2cc(F)ccc2o1)c1ccc(F)c(F)c1Br. The lowest BCUT2D eigenvalue weighted by atomic mass is 10.1. The van der Waals surface area contributed by atoms with Crippen molar-refractivity contribution >= 4 is 32.7 Å². The summed E-state index contributed by atoms with van der Waals surface area (Å²) in [4.78, 5) is 12.3. The first kappa shape index (κ1) is 13.9. The number of carbonyl (C=O) groups excluding carboxylic acids is 1. The van der Waals surface area contributed by atoms with Crippen molar-refractivity contribution in [3.63, 3.8) is 0 Å². The van der Waals surface area contributed by atoms with Crippen LogP contribution in [-0.2, 0) is 0 Å². The lowest BCUT2D eigenvalue weighted by Gasteiger charge is -2.03. The number of hydrogen-bond acceptors (Lipinski definition) is 2. The molecule has 0 saturated heterocycles. The molecule has 106 valence electrons. The number of rotatable bonds is 2. The molecular weight excluding hydrogens is 349 g/mol. The number of halogens is 4. The van der Waals surface area contributed by atoms with E-state index in [9.17, 15) is 18.0 Å². The van der Waals surface area contributed by atoms with Crippen molar-refractivity contribution in [2.45, 2.75) is 0 Å². The standard InChI is InChI=1S/C15H6BrF3O2/c16-13-9(2-3-10(18)14(13)19)15(20)12-6-7-5-8(17)1-4-11(7)21-12/h1-6H. The highest BCUT2D eigenvalue weighted by atomic mass is 79.9. The summed E-state index contributed by atoms with van der Waals surface area (Å²) in [6.07, 6.45) is 0. The molecule has 0 aliphatic rings. The predicted octanol–water partition coefficient (Wildman–Crippen LogP) is 4.84. The van der Waals surface area contributed by atoms with E-state index in [1.165, 1.54) is 24.3 Å². The average Bonchev–Trinajstić information content (AvgIpc) is 2.87. The molecule has 0 amide bonds. The Bertz CT molecular complexity index is 871. The first-order chi connectivity index (χ1) is 9.97. The van der Waals surface area contributed by atoms with Gasteiger partial charge >= 0.3 is 0 Å². The van der Waals surface area contributed by atoms with Gasteiger partial charge in [0.1, 0.15) is 11.4 Å². The maximum atomic E-state index is 13.5. The molecule has 3 rings (SSSR count). The predicted molar refractivity (Wildman–Crippen MR) is 73.7 cm³/mol. The van der Waals surface area contributed by atoms with Crippen LogP contribution in [0.15, 0.2) is 45.3 Å². The van der Waals surface area contributed by atoms with E-state index in [0.29, 0.717) is 11.0 Å². The molecule has 3 aromatic rings. The monoisotopic (exact) mass is 354 g/mol. The van der Waals surface area contributed by atoms with Gasteiger partial charge in [0.05, 0.1) is 4.47 Å². The molecule has 0 N–H and O–H groups in total. The van der Waals surface area contributed by atoms with Gasteiger partial charge in [0.25, 0.3) is 0 Å². The van der Waals surface area contributed by atoms with Gasteiger partial charge in [-0.25, -0.2) is 13.2 Å². The fourth-order valence-electron chi connectivity index (χ4n) is 1.96. The van der Waals surface area contributed by atoms with Gasteiger partial charge < -0.3 is 4.42 Å².